The van der Waals surface area contributed by atoms with Crippen molar-refractivity contribution in [2.24, 2.45) is 0 Å². The molecule has 2 unspecified atom stereocenters. The number of hydrogen-bond donors (Lipinski definition) is 1. The van der Waals surface area contributed by atoms with Crippen LogP contribution in [0.3, 0.4) is 0 Å². The first-order valence-electron chi connectivity index (χ1n) is 10.6. The summed E-state index contributed by atoms with van der Waals surface area (Å²) in [6.45, 7) is 5.56. The second-order valence-electron chi connectivity index (χ2n) is 8.34. The van der Waals surface area contributed by atoms with E-state index in [0.29, 0.717) is 12.1 Å². The Hall–Kier alpha value is -1.70. The molecule has 0 aromatic carbocycles. The number of hydrogen-bond acceptors (Lipinski definition) is 5. The molecular formula is C21H29N5OS. The minimum atomic E-state index is 0.111. The molecule has 3 fully saturated rings. The number of piperidine rings is 2. The van der Waals surface area contributed by atoms with Crippen LogP contribution in [0.4, 0.5) is 4.79 Å². The number of amides is 2. The van der Waals surface area contributed by atoms with Crippen molar-refractivity contribution in [3.63, 3.8) is 0 Å². The summed E-state index contributed by atoms with van der Waals surface area (Å²) in [5.41, 5.74) is 0. The zero-order valence-electron chi connectivity index (χ0n) is 16.2. The van der Waals surface area contributed by atoms with Gasteiger partial charge in [-0.25, -0.2) is 9.78 Å². The number of nitrogens with zero attached hydrogens (tertiary/aromatic N) is 4. The number of rotatable bonds is 4. The first-order chi connectivity index (χ1) is 13.8. The quantitative estimate of drug-likeness (QED) is 0.845. The summed E-state index contributed by atoms with van der Waals surface area (Å²) < 4.78 is 0. The summed E-state index contributed by atoms with van der Waals surface area (Å²) in [5, 5.41) is 6.42. The molecule has 150 valence electrons. The van der Waals surface area contributed by atoms with Gasteiger partial charge in [-0.2, -0.15) is 0 Å². The summed E-state index contributed by atoms with van der Waals surface area (Å²) in [5.74, 6) is 0. The van der Waals surface area contributed by atoms with Gasteiger partial charge in [0, 0.05) is 49.8 Å². The number of likely N-dealkylation sites (tertiary alicyclic amines) is 2. The second kappa shape index (κ2) is 7.97. The molecule has 4 aliphatic rings. The Bertz CT molecular complexity index is 732. The topological polar surface area (TPSA) is 51.7 Å². The number of nitrogens with one attached hydrogen (secondary N) is 1. The van der Waals surface area contributed by atoms with Gasteiger partial charge in [-0.3, -0.25) is 4.90 Å². The Balaban J connectivity index is 1.11. The van der Waals surface area contributed by atoms with Gasteiger partial charge in [0.15, 0.2) is 0 Å². The Morgan fingerprint density at radius 2 is 1.79 bits per heavy atom. The van der Waals surface area contributed by atoms with Crippen molar-refractivity contribution >= 4 is 17.4 Å². The molecule has 0 spiro atoms. The smallest absolute Gasteiger partial charge is 0.318 e. The number of fused-ring (bicyclic) bond motifs is 1. The maximum absolute atomic E-state index is 12.5. The van der Waals surface area contributed by atoms with Crippen LogP contribution < -0.4 is 5.32 Å². The predicted molar refractivity (Wildman–Crippen MR) is 111 cm³/mol. The average Bonchev–Trinajstić information content (AvgIpc) is 3.35. The van der Waals surface area contributed by atoms with Crippen molar-refractivity contribution in [2.45, 2.75) is 56.4 Å². The molecule has 1 aliphatic carbocycles. The van der Waals surface area contributed by atoms with Crippen LogP contribution in [0.15, 0.2) is 35.9 Å². The van der Waals surface area contributed by atoms with Gasteiger partial charge in [-0.1, -0.05) is 24.3 Å². The van der Waals surface area contributed by atoms with E-state index in [2.05, 4.69) is 48.6 Å². The monoisotopic (exact) mass is 399 g/mol. The number of carbonyl (C=O) groups excluding carboxylic acids is 1. The van der Waals surface area contributed by atoms with Gasteiger partial charge in [-0.15, -0.1) is 11.3 Å². The van der Waals surface area contributed by atoms with E-state index in [1.54, 1.807) is 11.3 Å². The molecule has 1 N–H and O–H groups in total. The Morgan fingerprint density at radius 3 is 2.54 bits per heavy atom. The average molecular weight is 400 g/mol. The van der Waals surface area contributed by atoms with E-state index in [9.17, 15) is 4.79 Å². The van der Waals surface area contributed by atoms with Gasteiger partial charge in [-0.05, 0) is 25.7 Å². The SMILES string of the molecule is O=C1NC2C=CC=CC2N1C1CCN(C2CCN(Cc3nccs3)CC2)CC1. The molecule has 1 aromatic heterocycles. The first kappa shape index (κ1) is 18.3. The fourth-order valence-electron chi connectivity index (χ4n) is 5.25. The zero-order chi connectivity index (χ0) is 18.9. The van der Waals surface area contributed by atoms with Crippen molar-refractivity contribution in [1.29, 1.82) is 0 Å². The molecule has 0 radical (unpaired) electrons. The molecule has 4 heterocycles. The normalized spacial score (nSPS) is 30.0. The molecule has 2 atom stereocenters. The Morgan fingerprint density at radius 1 is 1.04 bits per heavy atom. The highest BCUT2D eigenvalue weighted by Crippen LogP contribution is 2.29. The van der Waals surface area contributed by atoms with E-state index >= 15 is 0 Å². The third-order valence-corrected chi connectivity index (χ3v) is 7.52. The predicted octanol–water partition coefficient (Wildman–Crippen LogP) is 2.46. The van der Waals surface area contributed by atoms with Crippen LogP contribution in [0, 0.1) is 0 Å². The molecule has 3 aliphatic heterocycles. The van der Waals surface area contributed by atoms with Gasteiger partial charge >= 0.3 is 6.03 Å². The second-order valence-corrected chi connectivity index (χ2v) is 9.32. The Labute approximate surface area is 170 Å². The fourth-order valence-corrected chi connectivity index (χ4v) is 5.91. The van der Waals surface area contributed by atoms with E-state index in [-0.39, 0.29) is 18.1 Å². The minimum Gasteiger partial charge on any atom is -0.329 e. The molecule has 1 aromatic rings. The number of urea groups is 1. The minimum absolute atomic E-state index is 0.111. The maximum atomic E-state index is 12.5. The third-order valence-electron chi connectivity index (χ3n) is 6.76. The van der Waals surface area contributed by atoms with Gasteiger partial charge in [0.05, 0.1) is 18.6 Å². The molecule has 0 bridgehead atoms. The van der Waals surface area contributed by atoms with Crippen LogP contribution in [0.5, 0.6) is 0 Å². The lowest BCUT2D eigenvalue weighted by Gasteiger charge is -2.44. The highest BCUT2D eigenvalue weighted by molar-refractivity contribution is 7.09. The van der Waals surface area contributed by atoms with E-state index in [4.69, 9.17) is 0 Å². The largest absolute Gasteiger partial charge is 0.329 e. The molecule has 5 rings (SSSR count). The molecule has 2 amide bonds. The van der Waals surface area contributed by atoms with Gasteiger partial charge in [0.25, 0.3) is 0 Å². The van der Waals surface area contributed by atoms with Crippen LogP contribution in [0.25, 0.3) is 0 Å². The third kappa shape index (κ3) is 3.63. The fraction of sp³-hybridized carbons (Fsp3) is 0.619. The lowest BCUT2D eigenvalue weighted by Crippen LogP contribution is -2.53. The number of thiazole rings is 1. The zero-order valence-corrected chi connectivity index (χ0v) is 17.1. The van der Waals surface area contributed by atoms with Crippen LogP contribution in [0.1, 0.15) is 30.7 Å². The molecule has 7 heteroatoms. The lowest BCUT2D eigenvalue weighted by atomic mass is 9.95. The number of aromatic nitrogens is 1. The maximum Gasteiger partial charge on any atom is 0.318 e. The van der Waals surface area contributed by atoms with Crippen LogP contribution in [-0.4, -0.2) is 76.1 Å². The summed E-state index contributed by atoms with van der Waals surface area (Å²) in [4.78, 5) is 24.3. The van der Waals surface area contributed by atoms with Crippen molar-refractivity contribution in [1.82, 2.24) is 25.0 Å². The van der Waals surface area contributed by atoms with Crippen molar-refractivity contribution in [2.75, 3.05) is 26.2 Å². The van der Waals surface area contributed by atoms with Crippen molar-refractivity contribution < 1.29 is 4.79 Å². The van der Waals surface area contributed by atoms with E-state index in [1.165, 1.54) is 30.9 Å². The number of allylic oxidation sites excluding steroid dienone is 2. The molecule has 0 saturated carbocycles. The molecule has 3 saturated heterocycles. The standard InChI is InChI=1S/C21H29N5OS/c27-21-23-18-3-1-2-4-19(18)26(21)17-7-12-25(13-8-17)16-5-10-24(11-6-16)15-20-22-9-14-28-20/h1-4,9,14,16-19H,5-8,10-13,15H2,(H,23,27). The Kier molecular flexibility index (Phi) is 5.22. The van der Waals surface area contributed by atoms with Crippen LogP contribution in [0.2, 0.25) is 0 Å². The van der Waals surface area contributed by atoms with E-state index < -0.39 is 0 Å². The molecule has 6 nitrogen and oxygen atoms in total. The molecule has 28 heavy (non-hydrogen) atoms. The van der Waals surface area contributed by atoms with Crippen molar-refractivity contribution in [3.05, 3.63) is 40.9 Å². The molecular weight excluding hydrogens is 370 g/mol. The summed E-state index contributed by atoms with van der Waals surface area (Å²) >= 11 is 1.76. The van der Waals surface area contributed by atoms with E-state index in [0.717, 1.165) is 32.5 Å². The van der Waals surface area contributed by atoms with Crippen LogP contribution in [-0.2, 0) is 6.54 Å². The van der Waals surface area contributed by atoms with E-state index in [1.807, 2.05) is 12.3 Å². The first-order valence-corrected chi connectivity index (χ1v) is 11.4. The number of carbonyl (C=O) groups is 1. The summed E-state index contributed by atoms with van der Waals surface area (Å²) in [6.07, 6.45) is 15.0. The highest BCUT2D eigenvalue weighted by atomic mass is 32.1. The summed E-state index contributed by atoms with van der Waals surface area (Å²) in [6, 6.07) is 1.53. The highest BCUT2D eigenvalue weighted by Gasteiger charge is 2.42. The van der Waals surface area contributed by atoms with Gasteiger partial charge in [0.2, 0.25) is 0 Å². The summed E-state index contributed by atoms with van der Waals surface area (Å²) in [7, 11) is 0. The lowest BCUT2D eigenvalue weighted by molar-refractivity contribution is 0.0613. The van der Waals surface area contributed by atoms with Crippen LogP contribution >= 0.6 is 11.3 Å². The van der Waals surface area contributed by atoms with Gasteiger partial charge < -0.3 is 15.1 Å². The van der Waals surface area contributed by atoms with Gasteiger partial charge in [0.1, 0.15) is 5.01 Å². The van der Waals surface area contributed by atoms with Crippen molar-refractivity contribution in [3.8, 4) is 0 Å².